The maximum atomic E-state index is 13.5. The summed E-state index contributed by atoms with van der Waals surface area (Å²) in [7, 11) is 0. The minimum atomic E-state index is -0.0383. The molecule has 35 heavy (non-hydrogen) atoms. The van der Waals surface area contributed by atoms with E-state index in [0.29, 0.717) is 30.2 Å². The summed E-state index contributed by atoms with van der Waals surface area (Å²) in [4.78, 5) is 34.6. The molecule has 0 N–H and O–H groups in total. The lowest BCUT2D eigenvalue weighted by molar-refractivity contribution is -0.134. The number of rotatable bonds is 7. The van der Waals surface area contributed by atoms with E-state index in [9.17, 15) is 9.59 Å². The highest BCUT2D eigenvalue weighted by atomic mass is 32.1. The molecule has 2 amide bonds. The number of carbonyl (C=O) groups is 2. The molecule has 2 saturated heterocycles. The van der Waals surface area contributed by atoms with Crippen LogP contribution in [0.25, 0.3) is 10.2 Å². The van der Waals surface area contributed by atoms with Gasteiger partial charge in [0.25, 0.3) is 11.8 Å². The van der Waals surface area contributed by atoms with Crippen molar-refractivity contribution in [2.24, 2.45) is 0 Å². The molecular weight excluding hydrogens is 462 g/mol. The summed E-state index contributed by atoms with van der Waals surface area (Å²) in [6, 6.07) is 13.3. The normalized spacial score (nSPS) is 18.1. The van der Waals surface area contributed by atoms with Crippen LogP contribution in [-0.2, 0) is 4.79 Å². The van der Waals surface area contributed by atoms with E-state index in [0.717, 1.165) is 54.0 Å². The topological polar surface area (TPSA) is 72.0 Å². The molecule has 0 saturated carbocycles. The Hall–Kier alpha value is -3.13. The van der Waals surface area contributed by atoms with E-state index in [-0.39, 0.29) is 24.5 Å². The van der Waals surface area contributed by atoms with Gasteiger partial charge in [0.1, 0.15) is 5.01 Å². The van der Waals surface area contributed by atoms with Crippen LogP contribution >= 0.6 is 11.3 Å². The number of benzene rings is 2. The predicted molar refractivity (Wildman–Crippen MR) is 136 cm³/mol. The summed E-state index contributed by atoms with van der Waals surface area (Å²) in [5, 5.41) is 0.985. The van der Waals surface area contributed by atoms with Crippen LogP contribution < -0.4 is 9.47 Å². The Bertz CT molecular complexity index is 1170. The van der Waals surface area contributed by atoms with Gasteiger partial charge < -0.3 is 19.3 Å². The highest BCUT2D eigenvalue weighted by molar-refractivity contribution is 7.18. The number of fused-ring (bicyclic) bond motifs is 1. The van der Waals surface area contributed by atoms with Gasteiger partial charge in [-0.05, 0) is 69.4 Å². The number of amides is 2. The van der Waals surface area contributed by atoms with Crippen LogP contribution in [0.2, 0.25) is 0 Å². The molecule has 0 radical (unpaired) electrons. The van der Waals surface area contributed by atoms with Crippen LogP contribution in [0.5, 0.6) is 11.5 Å². The third-order valence-corrected chi connectivity index (χ3v) is 7.80. The molecule has 3 heterocycles. The number of likely N-dealkylation sites (tertiary alicyclic amines) is 2. The van der Waals surface area contributed by atoms with Crippen LogP contribution in [0, 0.1) is 0 Å². The predicted octanol–water partition coefficient (Wildman–Crippen LogP) is 5.06. The molecule has 0 spiro atoms. The molecule has 0 bridgehead atoms. The molecule has 8 heteroatoms. The Morgan fingerprint density at radius 3 is 2.63 bits per heavy atom. The quantitative estimate of drug-likeness (QED) is 0.460. The number of nitrogens with zero attached hydrogens (tertiary/aromatic N) is 3. The Morgan fingerprint density at radius 1 is 1.00 bits per heavy atom. The number of ether oxygens (including phenoxy) is 2. The van der Waals surface area contributed by atoms with Crippen molar-refractivity contribution >= 4 is 33.4 Å². The van der Waals surface area contributed by atoms with Gasteiger partial charge in [-0.15, -0.1) is 11.3 Å². The SMILES string of the molecule is CCOc1cc(C(=O)N2CCCC2c2nc3ccccc3s2)ccc1OCC(=O)N1CCCCC1. The van der Waals surface area contributed by atoms with E-state index in [2.05, 4.69) is 6.07 Å². The standard InChI is InChI=1S/C27H31N3O4S/c1-2-33-23-17-19(12-13-22(23)34-18-25(31)29-14-6-3-7-15-29)27(32)30-16-8-10-21(30)26-28-20-9-4-5-11-24(20)35-26/h4-5,9,11-13,17,21H,2-3,6-8,10,14-16,18H2,1H3. The molecule has 3 aromatic rings. The first-order valence-electron chi connectivity index (χ1n) is 12.5. The van der Waals surface area contributed by atoms with E-state index >= 15 is 0 Å². The smallest absolute Gasteiger partial charge is 0.260 e. The molecule has 2 aliphatic heterocycles. The largest absolute Gasteiger partial charge is 0.490 e. The molecule has 2 aliphatic rings. The second-order valence-electron chi connectivity index (χ2n) is 9.00. The van der Waals surface area contributed by atoms with Crippen LogP contribution in [0.3, 0.4) is 0 Å². The first-order chi connectivity index (χ1) is 17.1. The molecule has 1 unspecified atom stereocenters. The fourth-order valence-corrected chi connectivity index (χ4v) is 5.98. The minimum Gasteiger partial charge on any atom is -0.490 e. The van der Waals surface area contributed by atoms with Crippen LogP contribution in [-0.4, -0.2) is 59.4 Å². The molecule has 7 nitrogen and oxygen atoms in total. The number of hydrogen-bond donors (Lipinski definition) is 0. The highest BCUT2D eigenvalue weighted by Crippen LogP contribution is 2.38. The number of hydrogen-bond acceptors (Lipinski definition) is 6. The van der Waals surface area contributed by atoms with Crippen molar-refractivity contribution in [1.82, 2.24) is 14.8 Å². The summed E-state index contributed by atoms with van der Waals surface area (Å²) in [5.74, 6) is 0.921. The molecule has 1 atom stereocenters. The first kappa shape index (κ1) is 23.6. The fourth-order valence-electron chi connectivity index (χ4n) is 4.87. The van der Waals surface area contributed by atoms with Gasteiger partial charge in [-0.3, -0.25) is 9.59 Å². The Balaban J connectivity index is 1.31. The summed E-state index contributed by atoms with van der Waals surface area (Å²) in [5.41, 5.74) is 1.53. The molecule has 2 fully saturated rings. The molecule has 184 valence electrons. The zero-order valence-electron chi connectivity index (χ0n) is 20.1. The average molecular weight is 494 g/mol. The van der Waals surface area contributed by atoms with Crippen molar-refractivity contribution in [3.63, 3.8) is 0 Å². The van der Waals surface area contributed by atoms with E-state index < -0.39 is 0 Å². The summed E-state index contributed by atoms with van der Waals surface area (Å²) in [6.07, 6.45) is 5.11. The Morgan fingerprint density at radius 2 is 1.83 bits per heavy atom. The maximum Gasteiger partial charge on any atom is 0.260 e. The lowest BCUT2D eigenvalue weighted by Gasteiger charge is -2.26. The average Bonchev–Trinajstić information content (AvgIpc) is 3.55. The monoisotopic (exact) mass is 493 g/mol. The van der Waals surface area contributed by atoms with E-state index in [4.69, 9.17) is 14.5 Å². The Labute approximate surface area is 209 Å². The van der Waals surface area contributed by atoms with Crippen molar-refractivity contribution in [3.8, 4) is 11.5 Å². The number of thiazole rings is 1. The van der Waals surface area contributed by atoms with Crippen molar-refractivity contribution in [2.75, 3.05) is 32.8 Å². The molecule has 2 aromatic carbocycles. The number of aromatic nitrogens is 1. The molecule has 5 rings (SSSR count). The van der Waals surface area contributed by atoms with Crippen molar-refractivity contribution in [2.45, 2.75) is 45.1 Å². The van der Waals surface area contributed by atoms with Gasteiger partial charge >= 0.3 is 0 Å². The molecule has 0 aliphatic carbocycles. The van der Waals surface area contributed by atoms with Gasteiger partial charge in [-0.2, -0.15) is 0 Å². The number of carbonyl (C=O) groups excluding carboxylic acids is 2. The zero-order chi connectivity index (χ0) is 24.2. The third kappa shape index (κ3) is 5.12. The number of para-hydroxylation sites is 1. The highest BCUT2D eigenvalue weighted by Gasteiger charge is 2.33. The van der Waals surface area contributed by atoms with Crippen molar-refractivity contribution < 1.29 is 19.1 Å². The lowest BCUT2D eigenvalue weighted by atomic mass is 10.1. The van der Waals surface area contributed by atoms with Crippen LogP contribution in [0.4, 0.5) is 0 Å². The summed E-state index contributed by atoms with van der Waals surface area (Å²) < 4.78 is 12.8. The van der Waals surface area contributed by atoms with Crippen LogP contribution in [0.15, 0.2) is 42.5 Å². The van der Waals surface area contributed by atoms with Gasteiger partial charge in [0.15, 0.2) is 18.1 Å². The second-order valence-corrected chi connectivity index (χ2v) is 10.1. The minimum absolute atomic E-state index is 0.0111. The second kappa shape index (κ2) is 10.6. The van der Waals surface area contributed by atoms with Crippen molar-refractivity contribution in [1.29, 1.82) is 0 Å². The van der Waals surface area contributed by atoms with Crippen LogP contribution in [0.1, 0.15) is 60.4 Å². The Kier molecular flexibility index (Phi) is 7.18. The van der Waals surface area contributed by atoms with E-state index in [1.807, 2.05) is 34.9 Å². The van der Waals surface area contributed by atoms with Crippen molar-refractivity contribution in [3.05, 3.63) is 53.0 Å². The molecular formula is C27H31N3O4S. The fraction of sp³-hybridized carbons (Fsp3) is 0.444. The summed E-state index contributed by atoms with van der Waals surface area (Å²) >= 11 is 1.66. The first-order valence-corrected chi connectivity index (χ1v) is 13.3. The summed E-state index contributed by atoms with van der Waals surface area (Å²) in [6.45, 7) is 4.58. The van der Waals surface area contributed by atoms with Gasteiger partial charge in [0, 0.05) is 25.2 Å². The van der Waals surface area contributed by atoms with Gasteiger partial charge in [-0.1, -0.05) is 12.1 Å². The number of piperidine rings is 1. The van der Waals surface area contributed by atoms with E-state index in [1.54, 1.807) is 29.5 Å². The maximum absolute atomic E-state index is 13.5. The molecule has 1 aromatic heterocycles. The van der Waals surface area contributed by atoms with Gasteiger partial charge in [0.2, 0.25) is 0 Å². The van der Waals surface area contributed by atoms with Gasteiger partial charge in [-0.25, -0.2) is 4.98 Å². The third-order valence-electron chi connectivity index (χ3n) is 6.66. The van der Waals surface area contributed by atoms with E-state index in [1.165, 1.54) is 6.42 Å². The van der Waals surface area contributed by atoms with Gasteiger partial charge in [0.05, 0.1) is 22.9 Å². The zero-order valence-corrected chi connectivity index (χ0v) is 20.9. The lowest BCUT2D eigenvalue weighted by Crippen LogP contribution is -2.38.